The highest BCUT2D eigenvalue weighted by Crippen LogP contribution is 2.24. The molecule has 1 amide bonds. The Balaban J connectivity index is 1.65. The number of benzene rings is 1. The maximum Gasteiger partial charge on any atom is 0.233 e. The third kappa shape index (κ3) is 3.47. The molecule has 1 saturated carbocycles. The zero-order chi connectivity index (χ0) is 15.4. The number of amides is 1. The molecule has 1 aromatic heterocycles. The maximum absolute atomic E-state index is 12.3. The summed E-state index contributed by atoms with van der Waals surface area (Å²) in [5, 5.41) is 15.3. The number of hydrogen-bond acceptors (Lipinski definition) is 5. The lowest BCUT2D eigenvalue weighted by Crippen LogP contribution is -2.37. The van der Waals surface area contributed by atoms with Gasteiger partial charge in [0.1, 0.15) is 0 Å². The summed E-state index contributed by atoms with van der Waals surface area (Å²) in [4.78, 5) is 12.3. The van der Waals surface area contributed by atoms with E-state index in [1.807, 2.05) is 37.3 Å². The molecule has 0 bridgehead atoms. The number of tetrazole rings is 1. The largest absolute Gasteiger partial charge is 0.352 e. The Hall–Kier alpha value is -1.89. The van der Waals surface area contributed by atoms with Gasteiger partial charge >= 0.3 is 0 Å². The fraction of sp³-hybridized carbons (Fsp3) is 0.467. The Labute approximate surface area is 133 Å². The van der Waals surface area contributed by atoms with Gasteiger partial charge in [0, 0.05) is 6.04 Å². The number of thioether (sulfide) groups is 1. The number of nitrogens with one attached hydrogen (secondary N) is 1. The number of aromatic nitrogens is 4. The molecule has 0 unspecified atom stereocenters. The van der Waals surface area contributed by atoms with Gasteiger partial charge in [0.15, 0.2) is 0 Å². The van der Waals surface area contributed by atoms with Crippen molar-refractivity contribution in [2.75, 3.05) is 0 Å². The molecular weight excluding hydrogens is 298 g/mol. The van der Waals surface area contributed by atoms with Gasteiger partial charge in [-0.1, -0.05) is 42.8 Å². The molecule has 1 heterocycles. The van der Waals surface area contributed by atoms with Crippen LogP contribution in [-0.4, -0.2) is 37.4 Å². The van der Waals surface area contributed by atoms with Crippen LogP contribution in [-0.2, 0) is 4.79 Å². The van der Waals surface area contributed by atoms with E-state index in [0.29, 0.717) is 11.2 Å². The Bertz CT molecular complexity index is 624. The van der Waals surface area contributed by atoms with Crippen molar-refractivity contribution in [1.29, 1.82) is 0 Å². The molecule has 6 nitrogen and oxygen atoms in total. The molecule has 0 aliphatic heterocycles. The first-order chi connectivity index (χ1) is 10.7. The van der Waals surface area contributed by atoms with Gasteiger partial charge in [-0.05, 0) is 42.3 Å². The average molecular weight is 317 g/mol. The van der Waals surface area contributed by atoms with E-state index in [0.717, 1.165) is 18.5 Å². The van der Waals surface area contributed by atoms with Gasteiger partial charge in [0.25, 0.3) is 0 Å². The highest BCUT2D eigenvalue weighted by molar-refractivity contribution is 8.00. The van der Waals surface area contributed by atoms with Crippen LogP contribution in [0.2, 0.25) is 0 Å². The summed E-state index contributed by atoms with van der Waals surface area (Å²) in [5.74, 6) is 0.0551. The molecule has 1 aliphatic carbocycles. The second-order valence-corrected chi connectivity index (χ2v) is 6.77. The summed E-state index contributed by atoms with van der Waals surface area (Å²) >= 11 is 1.38. The van der Waals surface area contributed by atoms with Crippen molar-refractivity contribution in [1.82, 2.24) is 25.5 Å². The fourth-order valence-corrected chi connectivity index (χ4v) is 3.40. The van der Waals surface area contributed by atoms with E-state index in [1.54, 1.807) is 4.68 Å². The summed E-state index contributed by atoms with van der Waals surface area (Å²) in [7, 11) is 0. The number of nitrogens with zero attached hydrogens (tertiary/aromatic N) is 4. The van der Waals surface area contributed by atoms with Crippen LogP contribution in [0.25, 0.3) is 5.69 Å². The Morgan fingerprint density at radius 1 is 1.32 bits per heavy atom. The summed E-state index contributed by atoms with van der Waals surface area (Å²) in [6.07, 6.45) is 4.59. The smallest absolute Gasteiger partial charge is 0.233 e. The van der Waals surface area contributed by atoms with Gasteiger partial charge in [0.2, 0.25) is 11.1 Å². The van der Waals surface area contributed by atoms with Crippen molar-refractivity contribution < 1.29 is 4.79 Å². The van der Waals surface area contributed by atoms with E-state index in [1.165, 1.54) is 24.6 Å². The number of para-hydroxylation sites is 1. The number of carbonyl (C=O) groups excluding carboxylic acids is 1. The topological polar surface area (TPSA) is 72.7 Å². The molecule has 1 atom stereocenters. The molecule has 1 aromatic carbocycles. The lowest BCUT2D eigenvalue weighted by molar-refractivity contribution is -0.120. The van der Waals surface area contributed by atoms with E-state index in [2.05, 4.69) is 20.8 Å². The third-order valence-electron chi connectivity index (χ3n) is 3.79. The highest BCUT2D eigenvalue weighted by Gasteiger charge is 2.23. The molecular formula is C15H19N5OS. The molecule has 3 rings (SSSR count). The van der Waals surface area contributed by atoms with Crippen LogP contribution >= 0.6 is 11.8 Å². The summed E-state index contributed by atoms with van der Waals surface area (Å²) in [6.45, 7) is 1.89. The number of carbonyl (C=O) groups is 1. The minimum absolute atomic E-state index is 0.0551. The van der Waals surface area contributed by atoms with Crippen LogP contribution in [0, 0.1) is 0 Å². The normalized spacial score (nSPS) is 16.6. The van der Waals surface area contributed by atoms with Crippen molar-refractivity contribution in [3.05, 3.63) is 30.3 Å². The predicted octanol–water partition coefficient (Wildman–Crippen LogP) is 2.20. The molecule has 1 aliphatic rings. The second-order valence-electron chi connectivity index (χ2n) is 5.46. The zero-order valence-corrected chi connectivity index (χ0v) is 13.3. The van der Waals surface area contributed by atoms with E-state index >= 15 is 0 Å². The SMILES string of the molecule is C[C@@H](Sc1nnnn1-c1ccccc1)C(=O)NC1CCCC1. The quantitative estimate of drug-likeness (QED) is 0.856. The average Bonchev–Trinajstić information content (AvgIpc) is 3.19. The molecule has 1 fully saturated rings. The minimum atomic E-state index is -0.228. The molecule has 2 aromatic rings. The monoisotopic (exact) mass is 317 g/mol. The van der Waals surface area contributed by atoms with Gasteiger partial charge in [-0.3, -0.25) is 4.79 Å². The standard InChI is InChI=1S/C15H19N5OS/c1-11(14(21)16-12-7-5-6-8-12)22-15-17-18-19-20(15)13-9-3-2-4-10-13/h2-4,9-12H,5-8H2,1H3,(H,16,21)/t11-/m1/s1. The lowest BCUT2D eigenvalue weighted by atomic mass is 10.2. The highest BCUT2D eigenvalue weighted by atomic mass is 32.2. The lowest BCUT2D eigenvalue weighted by Gasteiger charge is -2.15. The van der Waals surface area contributed by atoms with Crippen LogP contribution < -0.4 is 5.32 Å². The van der Waals surface area contributed by atoms with Gasteiger partial charge in [0.05, 0.1) is 10.9 Å². The molecule has 22 heavy (non-hydrogen) atoms. The van der Waals surface area contributed by atoms with Crippen molar-refractivity contribution in [2.24, 2.45) is 0 Å². The number of rotatable bonds is 5. The first-order valence-electron chi connectivity index (χ1n) is 7.55. The van der Waals surface area contributed by atoms with Crippen molar-refractivity contribution >= 4 is 17.7 Å². The van der Waals surface area contributed by atoms with E-state index in [4.69, 9.17) is 0 Å². The van der Waals surface area contributed by atoms with Crippen molar-refractivity contribution in [2.45, 2.75) is 49.1 Å². The molecule has 7 heteroatoms. The van der Waals surface area contributed by atoms with Gasteiger partial charge < -0.3 is 5.32 Å². The Morgan fingerprint density at radius 3 is 2.77 bits per heavy atom. The Morgan fingerprint density at radius 2 is 2.05 bits per heavy atom. The van der Waals surface area contributed by atoms with Gasteiger partial charge in [-0.15, -0.1) is 5.10 Å². The van der Waals surface area contributed by atoms with E-state index < -0.39 is 0 Å². The summed E-state index contributed by atoms with van der Waals surface area (Å²) in [5.41, 5.74) is 0.887. The van der Waals surface area contributed by atoms with E-state index in [9.17, 15) is 4.79 Å². The summed E-state index contributed by atoms with van der Waals surface area (Å²) in [6, 6.07) is 10.0. The summed E-state index contributed by atoms with van der Waals surface area (Å²) < 4.78 is 1.66. The maximum atomic E-state index is 12.3. The molecule has 116 valence electrons. The molecule has 0 saturated heterocycles. The zero-order valence-electron chi connectivity index (χ0n) is 12.5. The minimum Gasteiger partial charge on any atom is -0.352 e. The first-order valence-corrected chi connectivity index (χ1v) is 8.43. The van der Waals surface area contributed by atoms with Crippen LogP contribution in [0.15, 0.2) is 35.5 Å². The van der Waals surface area contributed by atoms with Crippen LogP contribution in [0.3, 0.4) is 0 Å². The Kier molecular flexibility index (Phi) is 4.72. The number of hydrogen-bond donors (Lipinski definition) is 1. The third-order valence-corrected chi connectivity index (χ3v) is 4.83. The van der Waals surface area contributed by atoms with Crippen LogP contribution in [0.1, 0.15) is 32.6 Å². The van der Waals surface area contributed by atoms with Crippen molar-refractivity contribution in [3.8, 4) is 5.69 Å². The van der Waals surface area contributed by atoms with Crippen LogP contribution in [0.5, 0.6) is 0 Å². The fourth-order valence-electron chi connectivity index (χ4n) is 2.58. The van der Waals surface area contributed by atoms with E-state index in [-0.39, 0.29) is 11.2 Å². The molecule has 0 radical (unpaired) electrons. The van der Waals surface area contributed by atoms with Gasteiger partial charge in [-0.25, -0.2) is 0 Å². The predicted molar refractivity (Wildman–Crippen MR) is 84.9 cm³/mol. The second kappa shape index (κ2) is 6.91. The van der Waals surface area contributed by atoms with Gasteiger partial charge in [-0.2, -0.15) is 4.68 Å². The van der Waals surface area contributed by atoms with Crippen molar-refractivity contribution in [3.63, 3.8) is 0 Å². The molecule has 0 spiro atoms. The first kappa shape index (κ1) is 15.0. The van der Waals surface area contributed by atoms with Crippen LogP contribution in [0.4, 0.5) is 0 Å². The molecule has 1 N–H and O–H groups in total.